The summed E-state index contributed by atoms with van der Waals surface area (Å²) in [6, 6.07) is 11.9. The number of carbonyl (C=O) groups excluding carboxylic acids is 1. The maximum atomic E-state index is 12.9. The molecule has 0 saturated carbocycles. The van der Waals surface area contributed by atoms with Gasteiger partial charge in [-0.1, -0.05) is 48.3 Å². The predicted molar refractivity (Wildman–Crippen MR) is 123 cm³/mol. The van der Waals surface area contributed by atoms with Gasteiger partial charge in [0.15, 0.2) is 0 Å². The standard InChI is InChI=1S/C24H30Cl2N2O2/c1-4-22(19-6-8-23(30-3)16(2)13-19)27-24(29)18-9-11-28(12-10-18)15-17-5-7-20(25)21(26)14-17/h5-8,13-14,18,22H,4,9-12,15H2,1-3H3,(H,27,29). The summed E-state index contributed by atoms with van der Waals surface area (Å²) in [6.07, 6.45) is 2.59. The van der Waals surface area contributed by atoms with E-state index in [2.05, 4.69) is 23.2 Å². The summed E-state index contributed by atoms with van der Waals surface area (Å²) in [4.78, 5) is 15.3. The van der Waals surface area contributed by atoms with Crippen LogP contribution in [0.15, 0.2) is 36.4 Å². The van der Waals surface area contributed by atoms with Gasteiger partial charge in [-0.25, -0.2) is 0 Å². The summed E-state index contributed by atoms with van der Waals surface area (Å²) < 4.78 is 5.35. The highest BCUT2D eigenvalue weighted by Gasteiger charge is 2.26. The smallest absolute Gasteiger partial charge is 0.223 e. The van der Waals surface area contributed by atoms with Gasteiger partial charge in [-0.15, -0.1) is 0 Å². The van der Waals surface area contributed by atoms with Gasteiger partial charge in [-0.05, 0) is 74.2 Å². The first-order valence-electron chi connectivity index (χ1n) is 10.5. The SMILES string of the molecule is CCC(NC(=O)C1CCN(Cc2ccc(Cl)c(Cl)c2)CC1)c1ccc(OC)c(C)c1. The number of rotatable bonds is 7. The molecular formula is C24H30Cl2N2O2. The lowest BCUT2D eigenvalue weighted by molar-refractivity contribution is -0.127. The number of hydrogen-bond acceptors (Lipinski definition) is 3. The average molecular weight is 449 g/mol. The van der Waals surface area contributed by atoms with Gasteiger partial charge in [-0.3, -0.25) is 9.69 Å². The number of aryl methyl sites for hydroxylation is 1. The first-order chi connectivity index (χ1) is 14.4. The van der Waals surface area contributed by atoms with Crippen molar-refractivity contribution in [2.45, 2.75) is 45.7 Å². The molecule has 1 unspecified atom stereocenters. The van der Waals surface area contributed by atoms with E-state index in [-0.39, 0.29) is 17.9 Å². The van der Waals surface area contributed by atoms with Gasteiger partial charge in [-0.2, -0.15) is 0 Å². The van der Waals surface area contributed by atoms with Crippen molar-refractivity contribution in [3.8, 4) is 5.75 Å². The molecule has 2 aromatic carbocycles. The fraction of sp³-hybridized carbons (Fsp3) is 0.458. The summed E-state index contributed by atoms with van der Waals surface area (Å²) in [7, 11) is 1.68. The molecule has 6 heteroatoms. The lowest BCUT2D eigenvalue weighted by atomic mass is 9.94. The number of ether oxygens (including phenoxy) is 1. The predicted octanol–water partition coefficient (Wildman–Crippen LogP) is 5.79. The molecule has 0 radical (unpaired) electrons. The Balaban J connectivity index is 1.53. The van der Waals surface area contributed by atoms with Crippen LogP contribution in [0.2, 0.25) is 10.0 Å². The van der Waals surface area contributed by atoms with E-state index in [4.69, 9.17) is 27.9 Å². The van der Waals surface area contributed by atoms with Crippen LogP contribution in [0.1, 0.15) is 48.9 Å². The number of carbonyl (C=O) groups is 1. The first kappa shape index (κ1) is 22.9. The van der Waals surface area contributed by atoms with Gasteiger partial charge in [0.25, 0.3) is 0 Å². The van der Waals surface area contributed by atoms with Crippen molar-refractivity contribution in [2.24, 2.45) is 5.92 Å². The number of piperidine rings is 1. The van der Waals surface area contributed by atoms with Gasteiger partial charge in [0, 0.05) is 12.5 Å². The molecule has 3 rings (SSSR count). The maximum absolute atomic E-state index is 12.9. The molecule has 4 nitrogen and oxygen atoms in total. The Labute approximate surface area is 189 Å². The fourth-order valence-corrected chi connectivity index (χ4v) is 4.40. The molecular weight excluding hydrogens is 419 g/mol. The van der Waals surface area contributed by atoms with Crippen LogP contribution in [0.4, 0.5) is 0 Å². The minimum Gasteiger partial charge on any atom is -0.496 e. The summed E-state index contributed by atoms with van der Waals surface area (Å²) >= 11 is 12.1. The van der Waals surface area contributed by atoms with Crippen LogP contribution in [-0.4, -0.2) is 31.0 Å². The average Bonchev–Trinajstić information content (AvgIpc) is 2.75. The zero-order chi connectivity index (χ0) is 21.7. The molecule has 1 fully saturated rings. The van der Waals surface area contributed by atoms with E-state index in [1.54, 1.807) is 7.11 Å². The van der Waals surface area contributed by atoms with Crippen molar-refractivity contribution >= 4 is 29.1 Å². The van der Waals surface area contributed by atoms with E-state index in [1.165, 1.54) is 0 Å². The Bertz CT molecular complexity index is 880. The molecule has 30 heavy (non-hydrogen) atoms. The molecule has 2 aromatic rings. The van der Waals surface area contributed by atoms with E-state index in [9.17, 15) is 4.79 Å². The summed E-state index contributed by atoms with van der Waals surface area (Å²) in [5, 5.41) is 4.43. The Morgan fingerprint density at radius 1 is 1.17 bits per heavy atom. The molecule has 1 aliphatic heterocycles. The van der Waals surface area contributed by atoms with E-state index >= 15 is 0 Å². The lowest BCUT2D eigenvalue weighted by Gasteiger charge is -2.32. The zero-order valence-electron chi connectivity index (χ0n) is 17.9. The van der Waals surface area contributed by atoms with Crippen molar-refractivity contribution in [1.29, 1.82) is 0 Å². The Morgan fingerprint density at radius 3 is 2.50 bits per heavy atom. The first-order valence-corrected chi connectivity index (χ1v) is 11.3. The Hall–Kier alpha value is -1.75. The van der Waals surface area contributed by atoms with Gasteiger partial charge in [0.05, 0.1) is 23.2 Å². The fourth-order valence-electron chi connectivity index (χ4n) is 4.08. The van der Waals surface area contributed by atoms with E-state index in [0.717, 1.165) is 61.3 Å². The zero-order valence-corrected chi connectivity index (χ0v) is 19.4. The van der Waals surface area contributed by atoms with Crippen molar-refractivity contribution in [1.82, 2.24) is 10.2 Å². The lowest BCUT2D eigenvalue weighted by Crippen LogP contribution is -2.41. The molecule has 1 saturated heterocycles. The number of amides is 1. The number of likely N-dealkylation sites (tertiary alicyclic amines) is 1. The van der Waals surface area contributed by atoms with Crippen LogP contribution in [0.5, 0.6) is 5.75 Å². The number of nitrogens with zero attached hydrogens (tertiary/aromatic N) is 1. The highest BCUT2D eigenvalue weighted by molar-refractivity contribution is 6.42. The van der Waals surface area contributed by atoms with Crippen LogP contribution < -0.4 is 10.1 Å². The molecule has 0 aromatic heterocycles. The van der Waals surface area contributed by atoms with E-state index in [0.29, 0.717) is 10.0 Å². The summed E-state index contributed by atoms with van der Waals surface area (Å²) in [5.74, 6) is 1.09. The topological polar surface area (TPSA) is 41.6 Å². The molecule has 1 atom stereocenters. The number of benzene rings is 2. The van der Waals surface area contributed by atoms with E-state index < -0.39 is 0 Å². The second kappa shape index (κ2) is 10.5. The number of halogens is 2. The minimum absolute atomic E-state index is 0.0244. The van der Waals surface area contributed by atoms with Gasteiger partial charge >= 0.3 is 0 Å². The number of hydrogen-bond donors (Lipinski definition) is 1. The Kier molecular flexibility index (Phi) is 8.04. The van der Waals surface area contributed by atoms with Crippen molar-refractivity contribution in [3.05, 3.63) is 63.1 Å². The van der Waals surface area contributed by atoms with Crippen molar-refractivity contribution in [3.63, 3.8) is 0 Å². The van der Waals surface area contributed by atoms with E-state index in [1.807, 2.05) is 37.3 Å². The van der Waals surface area contributed by atoms with Gasteiger partial charge in [0.2, 0.25) is 5.91 Å². The second-order valence-corrected chi connectivity index (χ2v) is 8.81. The molecule has 162 valence electrons. The molecule has 1 aliphatic rings. The summed E-state index contributed by atoms with van der Waals surface area (Å²) in [5.41, 5.74) is 3.35. The maximum Gasteiger partial charge on any atom is 0.223 e. The largest absolute Gasteiger partial charge is 0.496 e. The number of methoxy groups -OCH3 is 1. The molecule has 1 amide bonds. The third-order valence-electron chi connectivity index (χ3n) is 5.89. The van der Waals surface area contributed by atoms with Crippen molar-refractivity contribution in [2.75, 3.05) is 20.2 Å². The molecule has 1 heterocycles. The van der Waals surface area contributed by atoms with Crippen LogP contribution in [-0.2, 0) is 11.3 Å². The van der Waals surface area contributed by atoms with Crippen LogP contribution in [0.3, 0.4) is 0 Å². The number of nitrogens with one attached hydrogen (secondary N) is 1. The third-order valence-corrected chi connectivity index (χ3v) is 6.63. The third kappa shape index (κ3) is 5.69. The van der Waals surface area contributed by atoms with Crippen LogP contribution in [0, 0.1) is 12.8 Å². The second-order valence-electron chi connectivity index (χ2n) is 8.00. The quantitative estimate of drug-likeness (QED) is 0.582. The van der Waals surface area contributed by atoms with Crippen LogP contribution in [0.25, 0.3) is 0 Å². The summed E-state index contributed by atoms with van der Waals surface area (Å²) in [6.45, 7) is 6.76. The molecule has 1 N–H and O–H groups in total. The van der Waals surface area contributed by atoms with Crippen molar-refractivity contribution < 1.29 is 9.53 Å². The molecule has 0 bridgehead atoms. The molecule has 0 spiro atoms. The highest BCUT2D eigenvalue weighted by atomic mass is 35.5. The normalized spacial score (nSPS) is 16.3. The Morgan fingerprint density at radius 2 is 1.90 bits per heavy atom. The van der Waals surface area contributed by atoms with Crippen LogP contribution >= 0.6 is 23.2 Å². The minimum atomic E-state index is 0.0244. The monoisotopic (exact) mass is 448 g/mol. The highest BCUT2D eigenvalue weighted by Crippen LogP contribution is 2.27. The molecule has 0 aliphatic carbocycles. The van der Waals surface area contributed by atoms with Gasteiger partial charge in [0.1, 0.15) is 5.75 Å². The van der Waals surface area contributed by atoms with Gasteiger partial charge < -0.3 is 10.1 Å².